The van der Waals surface area contributed by atoms with Crippen molar-refractivity contribution in [1.29, 1.82) is 0 Å². The monoisotopic (exact) mass is 532 g/mol. The lowest BCUT2D eigenvalue weighted by Crippen LogP contribution is -2.69. The average molecular weight is 533 g/mol. The smallest absolute Gasteiger partial charge is 0.308 e. The minimum absolute atomic E-state index is 0.0592. The molecule has 2 N–H and O–H groups in total. The molecule has 0 bridgehead atoms. The normalized spacial score (nSPS) is 49.1. The molecule has 0 aromatic heterocycles. The van der Waals surface area contributed by atoms with Gasteiger partial charge in [0.25, 0.3) is 0 Å². The number of carbonyl (C=O) groups is 3. The van der Waals surface area contributed by atoms with Gasteiger partial charge in [-0.2, -0.15) is 0 Å². The quantitative estimate of drug-likeness (QED) is 0.331. The maximum atomic E-state index is 13.0. The first-order valence-electron chi connectivity index (χ1n) is 15.2. The van der Waals surface area contributed by atoms with Crippen LogP contribution in [0.15, 0.2) is 0 Å². The first-order chi connectivity index (χ1) is 17.7. The minimum atomic E-state index is -0.790. The lowest BCUT2D eigenvalue weighted by molar-refractivity contribution is -0.260. The highest BCUT2D eigenvalue weighted by atomic mass is 16.5. The van der Waals surface area contributed by atoms with E-state index in [0.29, 0.717) is 36.5 Å². The summed E-state index contributed by atoms with van der Waals surface area (Å²) >= 11 is 0. The number of ketones is 1. The van der Waals surface area contributed by atoms with Crippen molar-refractivity contribution in [1.82, 2.24) is 0 Å². The molecule has 216 valence electrons. The van der Waals surface area contributed by atoms with E-state index in [9.17, 15) is 24.6 Å². The molecule has 0 amide bonds. The second kappa shape index (κ2) is 10.3. The average Bonchev–Trinajstić information content (AvgIpc) is 2.85. The third-order valence-electron chi connectivity index (χ3n) is 12.9. The Bertz CT molecular complexity index is 933. The largest absolute Gasteiger partial charge is 0.461 e. The molecule has 6 nitrogen and oxygen atoms in total. The third kappa shape index (κ3) is 4.31. The van der Waals surface area contributed by atoms with Gasteiger partial charge in [-0.1, -0.05) is 54.4 Å². The van der Waals surface area contributed by atoms with Gasteiger partial charge in [0.05, 0.1) is 24.5 Å². The van der Waals surface area contributed by atoms with Crippen LogP contribution in [0, 0.1) is 51.2 Å². The van der Waals surface area contributed by atoms with Crippen molar-refractivity contribution in [2.75, 3.05) is 0 Å². The number of aldehydes is 1. The number of ether oxygens (including phenoxy) is 1. The summed E-state index contributed by atoms with van der Waals surface area (Å²) in [7, 11) is 0. The van der Waals surface area contributed by atoms with E-state index in [1.807, 2.05) is 6.92 Å². The molecule has 0 aromatic carbocycles. The number of esters is 1. The van der Waals surface area contributed by atoms with E-state index < -0.39 is 41.5 Å². The number of hydrogen-bond donors (Lipinski definition) is 2. The number of Topliss-reactive ketones (excluding diaryl/α,β-unsaturated/α-hetero) is 1. The summed E-state index contributed by atoms with van der Waals surface area (Å²) in [6.07, 6.45) is 7.00. The molecular formula is C32H52O6. The summed E-state index contributed by atoms with van der Waals surface area (Å²) in [6, 6.07) is 0. The van der Waals surface area contributed by atoms with Crippen molar-refractivity contribution < 1.29 is 29.3 Å². The molecule has 0 radical (unpaired) electrons. The van der Waals surface area contributed by atoms with Crippen molar-refractivity contribution in [3.05, 3.63) is 0 Å². The lowest BCUT2D eigenvalue weighted by atomic mass is 9.33. The van der Waals surface area contributed by atoms with E-state index in [2.05, 4.69) is 27.7 Å². The summed E-state index contributed by atoms with van der Waals surface area (Å²) in [5, 5.41) is 22.0. The second-order valence-corrected chi connectivity index (χ2v) is 14.5. The van der Waals surface area contributed by atoms with Crippen LogP contribution in [0.25, 0.3) is 0 Å². The zero-order valence-electron chi connectivity index (χ0n) is 24.8. The number of rotatable bonds is 7. The number of fused-ring (bicyclic) bond motifs is 5. The van der Waals surface area contributed by atoms with Crippen molar-refractivity contribution in [3.63, 3.8) is 0 Å². The molecule has 4 aliphatic rings. The van der Waals surface area contributed by atoms with Gasteiger partial charge < -0.3 is 19.7 Å². The predicted octanol–water partition coefficient (Wildman–Crippen LogP) is 5.51. The molecule has 0 aliphatic heterocycles. The van der Waals surface area contributed by atoms with Crippen LogP contribution >= 0.6 is 0 Å². The fraction of sp³-hybridized carbons (Fsp3) is 0.906. The van der Waals surface area contributed by atoms with Gasteiger partial charge in [0.1, 0.15) is 18.2 Å². The molecule has 4 saturated carbocycles. The maximum absolute atomic E-state index is 13.0. The lowest BCUT2D eigenvalue weighted by Gasteiger charge is -2.71. The third-order valence-corrected chi connectivity index (χ3v) is 12.9. The van der Waals surface area contributed by atoms with E-state index in [0.717, 1.165) is 32.0 Å². The van der Waals surface area contributed by atoms with Crippen LogP contribution in [-0.4, -0.2) is 46.6 Å². The van der Waals surface area contributed by atoms with Crippen molar-refractivity contribution in [2.45, 2.75) is 131 Å². The van der Waals surface area contributed by atoms with Crippen LogP contribution in [0.1, 0.15) is 113 Å². The molecule has 4 rings (SSSR count). The molecule has 12 atom stereocenters. The molecule has 4 aliphatic carbocycles. The Labute approximate surface area is 229 Å². The molecule has 0 aromatic rings. The van der Waals surface area contributed by atoms with Gasteiger partial charge >= 0.3 is 5.97 Å². The molecule has 38 heavy (non-hydrogen) atoms. The molecule has 6 heteroatoms. The minimum Gasteiger partial charge on any atom is -0.461 e. The molecule has 0 heterocycles. The number of aliphatic hydroxyl groups excluding tert-OH is 2. The highest BCUT2D eigenvalue weighted by Crippen LogP contribution is 2.73. The van der Waals surface area contributed by atoms with Gasteiger partial charge in [-0.15, -0.1) is 0 Å². The maximum Gasteiger partial charge on any atom is 0.308 e. The summed E-state index contributed by atoms with van der Waals surface area (Å²) in [5.74, 6) is -1.37. The van der Waals surface area contributed by atoms with Gasteiger partial charge in [0.2, 0.25) is 0 Å². The summed E-state index contributed by atoms with van der Waals surface area (Å²) < 4.78 is 5.95. The van der Waals surface area contributed by atoms with Crippen molar-refractivity contribution in [3.8, 4) is 0 Å². The molecular weight excluding hydrogens is 480 g/mol. The Morgan fingerprint density at radius 1 is 1.00 bits per heavy atom. The van der Waals surface area contributed by atoms with E-state index in [1.165, 1.54) is 19.8 Å². The van der Waals surface area contributed by atoms with Crippen LogP contribution in [0.5, 0.6) is 0 Å². The Hall–Kier alpha value is -1.27. The number of carbonyl (C=O) groups excluding carboxylic acids is 3. The van der Waals surface area contributed by atoms with Crippen molar-refractivity contribution in [2.24, 2.45) is 51.2 Å². The van der Waals surface area contributed by atoms with Crippen LogP contribution in [0.4, 0.5) is 0 Å². The first kappa shape index (κ1) is 29.7. The summed E-state index contributed by atoms with van der Waals surface area (Å²) in [4.78, 5) is 38.6. The van der Waals surface area contributed by atoms with Crippen LogP contribution in [0.2, 0.25) is 0 Å². The first-order valence-corrected chi connectivity index (χ1v) is 15.2. The Morgan fingerprint density at radius 3 is 2.24 bits per heavy atom. The molecule has 0 unspecified atom stereocenters. The SMILES string of the molecule is CC[C@H](O)CC(=O)O[C@@H]1C[C@H]2[C@]3(C)CC[C@H]4[C@](C)(CC)CCC[C@]4(C)[C@H]3C[C@@H](O)[C@]2(C)[C@@H](C=O)[C@@H]1C(C)=O. The van der Waals surface area contributed by atoms with Crippen molar-refractivity contribution >= 4 is 18.0 Å². The highest BCUT2D eigenvalue weighted by Gasteiger charge is 2.70. The fourth-order valence-electron chi connectivity index (χ4n) is 10.7. The molecule has 0 spiro atoms. The van der Waals surface area contributed by atoms with Gasteiger partial charge in [0.15, 0.2) is 0 Å². The van der Waals surface area contributed by atoms with E-state index in [-0.39, 0.29) is 29.0 Å². The predicted molar refractivity (Wildman–Crippen MR) is 146 cm³/mol. The van der Waals surface area contributed by atoms with Crippen LogP contribution in [-0.2, 0) is 19.1 Å². The molecule has 0 saturated heterocycles. The number of hydrogen-bond acceptors (Lipinski definition) is 6. The van der Waals surface area contributed by atoms with Crippen LogP contribution in [0.3, 0.4) is 0 Å². The molecule has 4 fully saturated rings. The second-order valence-electron chi connectivity index (χ2n) is 14.5. The summed E-state index contributed by atoms with van der Waals surface area (Å²) in [5.41, 5.74) is -0.497. The van der Waals surface area contributed by atoms with Gasteiger partial charge in [-0.25, -0.2) is 0 Å². The Kier molecular flexibility index (Phi) is 8.04. The zero-order chi connectivity index (χ0) is 28.3. The van der Waals surface area contributed by atoms with Gasteiger partial charge in [-0.3, -0.25) is 9.59 Å². The van der Waals surface area contributed by atoms with Gasteiger partial charge in [0, 0.05) is 11.3 Å². The van der Waals surface area contributed by atoms with E-state index >= 15 is 0 Å². The number of aliphatic hydroxyl groups is 2. The van der Waals surface area contributed by atoms with Gasteiger partial charge in [-0.05, 0) is 85.9 Å². The zero-order valence-corrected chi connectivity index (χ0v) is 24.8. The Morgan fingerprint density at radius 2 is 1.66 bits per heavy atom. The van der Waals surface area contributed by atoms with Crippen LogP contribution < -0.4 is 0 Å². The topological polar surface area (TPSA) is 101 Å². The van der Waals surface area contributed by atoms with E-state index in [4.69, 9.17) is 4.74 Å². The fourth-order valence-corrected chi connectivity index (χ4v) is 10.7. The highest BCUT2D eigenvalue weighted by molar-refractivity contribution is 5.83. The summed E-state index contributed by atoms with van der Waals surface area (Å²) in [6.45, 7) is 14.9. The Balaban J connectivity index is 1.76. The standard InChI is InChI=1S/C32H52O6/c1-8-20(35)15-27(37)38-22-16-25-31(6)14-11-23-29(4,9-2)12-10-13-30(23,5)24(31)17-26(36)32(25,7)21(18-33)28(22)19(3)34/h18,20-26,28,35-36H,8-17H2,1-7H3/t20-,21-,22+,23-,24+,25-,26+,28-,29+,30-,31+,32+/m0/s1. The van der Waals surface area contributed by atoms with E-state index in [1.54, 1.807) is 6.92 Å².